The summed E-state index contributed by atoms with van der Waals surface area (Å²) in [5, 5.41) is 3.50. The predicted molar refractivity (Wildman–Crippen MR) is 75.5 cm³/mol. The van der Waals surface area contributed by atoms with E-state index in [0.29, 0.717) is 24.3 Å². The highest BCUT2D eigenvalue weighted by atomic mass is 16.2. The molecule has 1 aromatic rings. The van der Waals surface area contributed by atoms with Gasteiger partial charge in [-0.1, -0.05) is 31.2 Å². The van der Waals surface area contributed by atoms with Crippen molar-refractivity contribution in [2.45, 2.75) is 45.3 Å². The van der Waals surface area contributed by atoms with Crippen molar-refractivity contribution in [3.05, 3.63) is 35.4 Å². The maximum Gasteiger partial charge on any atom is 0.224 e. The third kappa shape index (κ3) is 2.66. The summed E-state index contributed by atoms with van der Waals surface area (Å²) in [7, 11) is 0. The second kappa shape index (κ2) is 5.33. The second-order valence-electron chi connectivity index (χ2n) is 5.90. The highest BCUT2D eigenvalue weighted by Gasteiger charge is 2.28. The third-order valence-electron chi connectivity index (χ3n) is 4.52. The number of nitrogens with zero attached hydrogens (tertiary/aromatic N) is 1. The molecule has 2 aliphatic rings. The van der Waals surface area contributed by atoms with Crippen molar-refractivity contribution in [1.29, 1.82) is 0 Å². The summed E-state index contributed by atoms with van der Waals surface area (Å²) >= 11 is 0. The van der Waals surface area contributed by atoms with E-state index in [9.17, 15) is 4.79 Å². The smallest absolute Gasteiger partial charge is 0.224 e. The summed E-state index contributed by atoms with van der Waals surface area (Å²) in [6, 6.07) is 8.73. The molecule has 1 fully saturated rings. The van der Waals surface area contributed by atoms with Crippen molar-refractivity contribution in [3.63, 3.8) is 0 Å². The quantitative estimate of drug-likeness (QED) is 0.883. The van der Waals surface area contributed by atoms with Crippen LogP contribution in [0.4, 0.5) is 0 Å². The lowest BCUT2D eigenvalue weighted by molar-refractivity contribution is -0.132. The molecule has 3 rings (SSSR count). The predicted octanol–water partition coefficient (Wildman–Crippen LogP) is 2.31. The van der Waals surface area contributed by atoms with Crippen LogP contribution in [0.3, 0.4) is 0 Å². The number of piperidine rings is 1. The highest BCUT2D eigenvalue weighted by molar-refractivity contribution is 5.77. The molecular formula is C16H22N2O. The van der Waals surface area contributed by atoms with Gasteiger partial charge in [0.2, 0.25) is 5.91 Å². The molecule has 0 aliphatic carbocycles. The molecule has 102 valence electrons. The summed E-state index contributed by atoms with van der Waals surface area (Å²) in [6.45, 7) is 4.89. The summed E-state index contributed by atoms with van der Waals surface area (Å²) in [5.41, 5.74) is 2.61. The Labute approximate surface area is 115 Å². The van der Waals surface area contributed by atoms with E-state index >= 15 is 0 Å². The molecule has 0 aromatic heterocycles. The van der Waals surface area contributed by atoms with Gasteiger partial charge in [-0.3, -0.25) is 4.79 Å². The molecule has 2 aliphatic heterocycles. The first kappa shape index (κ1) is 12.7. The van der Waals surface area contributed by atoms with E-state index < -0.39 is 0 Å². The molecule has 0 radical (unpaired) electrons. The van der Waals surface area contributed by atoms with Gasteiger partial charge in [0.1, 0.15) is 0 Å². The first-order valence-corrected chi connectivity index (χ1v) is 7.32. The zero-order valence-corrected chi connectivity index (χ0v) is 11.6. The van der Waals surface area contributed by atoms with Gasteiger partial charge in [0.05, 0.1) is 0 Å². The van der Waals surface area contributed by atoms with E-state index in [1.54, 1.807) is 0 Å². The molecule has 1 aromatic carbocycles. The van der Waals surface area contributed by atoms with Crippen molar-refractivity contribution in [2.24, 2.45) is 5.92 Å². The maximum atomic E-state index is 12.4. The molecule has 0 saturated carbocycles. The molecule has 2 heterocycles. The number of carbonyl (C=O) groups excluding carboxylic acids is 1. The Morgan fingerprint density at radius 2 is 2.00 bits per heavy atom. The average Bonchev–Trinajstić information content (AvgIpc) is 2.85. The Bertz CT molecular complexity index is 447. The molecule has 3 heteroatoms. The summed E-state index contributed by atoms with van der Waals surface area (Å²) in [5.74, 6) is 0.908. The number of benzene rings is 1. The fourth-order valence-corrected chi connectivity index (χ4v) is 3.21. The number of hydrogen-bond donors (Lipinski definition) is 1. The molecular weight excluding hydrogens is 236 g/mol. The molecule has 1 amide bonds. The Balaban J connectivity index is 1.60. The van der Waals surface area contributed by atoms with Crippen molar-refractivity contribution >= 4 is 5.91 Å². The molecule has 3 nitrogen and oxygen atoms in total. The van der Waals surface area contributed by atoms with E-state index in [0.717, 1.165) is 19.6 Å². The van der Waals surface area contributed by atoms with Crippen LogP contribution in [-0.2, 0) is 17.9 Å². The fraction of sp³-hybridized carbons (Fsp3) is 0.562. The van der Waals surface area contributed by atoms with Crippen LogP contribution in [-0.4, -0.2) is 23.4 Å². The first-order chi connectivity index (χ1) is 9.24. The van der Waals surface area contributed by atoms with Gasteiger partial charge in [-0.25, -0.2) is 0 Å². The monoisotopic (exact) mass is 258 g/mol. The van der Waals surface area contributed by atoms with Crippen molar-refractivity contribution < 1.29 is 4.79 Å². The van der Waals surface area contributed by atoms with Gasteiger partial charge >= 0.3 is 0 Å². The highest BCUT2D eigenvalue weighted by Crippen LogP contribution is 2.25. The maximum absolute atomic E-state index is 12.4. The minimum atomic E-state index is 0.294. The lowest BCUT2D eigenvalue weighted by Gasteiger charge is -2.30. The molecule has 1 saturated heterocycles. The lowest BCUT2D eigenvalue weighted by atomic mass is 9.90. The van der Waals surface area contributed by atoms with Crippen LogP contribution < -0.4 is 5.32 Å². The van der Waals surface area contributed by atoms with Crippen molar-refractivity contribution in [2.75, 3.05) is 6.54 Å². The molecule has 0 bridgehead atoms. The Morgan fingerprint density at radius 1 is 1.32 bits per heavy atom. The summed E-state index contributed by atoms with van der Waals surface area (Å²) in [6.07, 6.45) is 3.13. The molecule has 19 heavy (non-hydrogen) atoms. The summed E-state index contributed by atoms with van der Waals surface area (Å²) < 4.78 is 0. The Morgan fingerprint density at radius 3 is 2.63 bits per heavy atom. The van der Waals surface area contributed by atoms with Crippen LogP contribution in [0.5, 0.6) is 0 Å². The van der Waals surface area contributed by atoms with Gasteiger partial charge in [0.25, 0.3) is 0 Å². The standard InChI is InChI=1S/C16H22N2O/c1-12-5-4-8-17-15(12)9-16(19)18-10-13-6-2-3-7-14(13)11-18/h2-3,6-7,12,15,17H,4-5,8-11H2,1H3. The third-order valence-corrected chi connectivity index (χ3v) is 4.52. The van der Waals surface area contributed by atoms with Crippen LogP contribution in [0.15, 0.2) is 24.3 Å². The van der Waals surface area contributed by atoms with Gasteiger partial charge in [-0.15, -0.1) is 0 Å². The molecule has 0 spiro atoms. The second-order valence-corrected chi connectivity index (χ2v) is 5.90. The number of carbonyl (C=O) groups is 1. The molecule has 1 N–H and O–H groups in total. The minimum Gasteiger partial charge on any atom is -0.334 e. The van der Waals surface area contributed by atoms with Crippen LogP contribution in [0, 0.1) is 5.92 Å². The van der Waals surface area contributed by atoms with E-state index in [2.05, 4.69) is 36.5 Å². The lowest BCUT2D eigenvalue weighted by Crippen LogP contribution is -2.43. The number of fused-ring (bicyclic) bond motifs is 1. The van der Waals surface area contributed by atoms with Crippen molar-refractivity contribution in [3.8, 4) is 0 Å². The zero-order valence-electron chi connectivity index (χ0n) is 11.6. The van der Waals surface area contributed by atoms with Gasteiger partial charge in [0.15, 0.2) is 0 Å². The van der Waals surface area contributed by atoms with Crippen LogP contribution in [0.2, 0.25) is 0 Å². The normalized spacial score (nSPS) is 26.3. The van der Waals surface area contributed by atoms with E-state index in [-0.39, 0.29) is 0 Å². The zero-order chi connectivity index (χ0) is 13.2. The van der Waals surface area contributed by atoms with Gasteiger partial charge in [-0.05, 0) is 36.4 Å². The largest absolute Gasteiger partial charge is 0.334 e. The molecule has 2 unspecified atom stereocenters. The van der Waals surface area contributed by atoms with Gasteiger partial charge < -0.3 is 10.2 Å². The van der Waals surface area contributed by atoms with E-state index in [1.165, 1.54) is 24.0 Å². The number of rotatable bonds is 2. The summed E-state index contributed by atoms with van der Waals surface area (Å²) in [4.78, 5) is 14.4. The Kier molecular flexibility index (Phi) is 3.56. The topological polar surface area (TPSA) is 32.3 Å². The van der Waals surface area contributed by atoms with Gasteiger partial charge in [0, 0.05) is 25.6 Å². The molecule has 2 atom stereocenters. The minimum absolute atomic E-state index is 0.294. The number of nitrogens with one attached hydrogen (secondary N) is 1. The van der Waals surface area contributed by atoms with Crippen LogP contribution in [0.25, 0.3) is 0 Å². The average molecular weight is 258 g/mol. The van der Waals surface area contributed by atoms with Gasteiger partial charge in [-0.2, -0.15) is 0 Å². The van der Waals surface area contributed by atoms with Crippen LogP contribution >= 0.6 is 0 Å². The number of amides is 1. The first-order valence-electron chi connectivity index (χ1n) is 7.32. The fourth-order valence-electron chi connectivity index (χ4n) is 3.21. The van der Waals surface area contributed by atoms with E-state index in [1.807, 2.05) is 4.90 Å². The Hall–Kier alpha value is -1.35. The van der Waals surface area contributed by atoms with Crippen molar-refractivity contribution in [1.82, 2.24) is 10.2 Å². The SMILES string of the molecule is CC1CCCNC1CC(=O)N1Cc2ccccc2C1. The van der Waals surface area contributed by atoms with Crippen LogP contribution in [0.1, 0.15) is 37.3 Å². The number of hydrogen-bond acceptors (Lipinski definition) is 2. The van der Waals surface area contributed by atoms with E-state index in [4.69, 9.17) is 0 Å².